The minimum atomic E-state index is -1.34. The third kappa shape index (κ3) is 3.12. The molecule has 0 amide bonds. The second kappa shape index (κ2) is 5.89. The third-order valence-corrected chi connectivity index (χ3v) is 2.09. The first-order chi connectivity index (χ1) is 8.49. The van der Waals surface area contributed by atoms with Crippen LogP contribution in [0.4, 0.5) is 11.5 Å². The molecule has 0 saturated carbocycles. The summed E-state index contributed by atoms with van der Waals surface area (Å²) in [4.78, 5) is 24.2. The monoisotopic (exact) mass is 257 g/mol. The van der Waals surface area contributed by atoms with Crippen LogP contribution in [0, 0.1) is 10.1 Å². The lowest BCUT2D eigenvalue weighted by molar-refractivity contribution is -0.384. The molecule has 1 heterocycles. The van der Waals surface area contributed by atoms with Crippen molar-refractivity contribution in [2.75, 3.05) is 18.5 Å². The molecule has 9 nitrogen and oxygen atoms in total. The first-order valence-corrected chi connectivity index (χ1v) is 4.85. The molecule has 1 aromatic rings. The van der Waals surface area contributed by atoms with Crippen LogP contribution in [0.15, 0.2) is 12.3 Å². The topological polar surface area (TPSA) is 146 Å². The first-order valence-electron chi connectivity index (χ1n) is 4.85. The lowest BCUT2D eigenvalue weighted by atomic mass is 10.2. The van der Waals surface area contributed by atoms with E-state index in [0.717, 1.165) is 12.3 Å². The van der Waals surface area contributed by atoms with Crippen LogP contribution < -0.4 is 5.32 Å². The van der Waals surface area contributed by atoms with Crippen LogP contribution in [0.2, 0.25) is 0 Å². The van der Waals surface area contributed by atoms with Crippen molar-refractivity contribution in [2.24, 2.45) is 0 Å². The molecule has 0 aliphatic carbocycles. The van der Waals surface area contributed by atoms with E-state index in [1.54, 1.807) is 0 Å². The van der Waals surface area contributed by atoms with Crippen molar-refractivity contribution in [3.63, 3.8) is 0 Å². The molecule has 0 radical (unpaired) electrons. The van der Waals surface area contributed by atoms with Gasteiger partial charge in [-0.2, -0.15) is 0 Å². The summed E-state index contributed by atoms with van der Waals surface area (Å²) in [6.07, 6.45) is 0.948. The first kappa shape index (κ1) is 13.8. The molecule has 4 N–H and O–H groups in total. The lowest BCUT2D eigenvalue weighted by Crippen LogP contribution is -2.28. The summed E-state index contributed by atoms with van der Waals surface area (Å²) in [5.41, 5.74) is -0.862. The van der Waals surface area contributed by atoms with Crippen LogP contribution in [0.3, 0.4) is 0 Å². The number of nitro groups is 1. The van der Waals surface area contributed by atoms with Gasteiger partial charge in [0.15, 0.2) is 0 Å². The van der Waals surface area contributed by atoms with E-state index in [1.807, 2.05) is 0 Å². The van der Waals surface area contributed by atoms with E-state index in [2.05, 4.69) is 10.3 Å². The summed E-state index contributed by atoms with van der Waals surface area (Å²) >= 11 is 0. The predicted octanol–water partition coefficient (Wildman–Crippen LogP) is -0.547. The quantitative estimate of drug-likeness (QED) is 0.392. The van der Waals surface area contributed by atoms with Gasteiger partial charge in [-0.05, 0) is 0 Å². The Morgan fingerprint density at radius 2 is 2.11 bits per heavy atom. The maximum absolute atomic E-state index is 10.8. The molecule has 0 bridgehead atoms. The van der Waals surface area contributed by atoms with Gasteiger partial charge in [0, 0.05) is 12.3 Å². The fourth-order valence-corrected chi connectivity index (χ4v) is 1.16. The Hall–Kier alpha value is -2.26. The van der Waals surface area contributed by atoms with Gasteiger partial charge in [-0.15, -0.1) is 0 Å². The van der Waals surface area contributed by atoms with E-state index in [0.29, 0.717) is 0 Å². The van der Waals surface area contributed by atoms with Crippen molar-refractivity contribution in [2.45, 2.75) is 6.04 Å². The molecule has 0 aliphatic heterocycles. The Morgan fingerprint density at radius 3 is 2.56 bits per heavy atom. The van der Waals surface area contributed by atoms with Gasteiger partial charge < -0.3 is 20.6 Å². The summed E-state index contributed by atoms with van der Waals surface area (Å²) in [6.45, 7) is -0.897. The summed E-state index contributed by atoms with van der Waals surface area (Å²) in [5.74, 6) is -1.55. The lowest BCUT2D eigenvalue weighted by Gasteiger charge is -2.13. The molecular formula is C9H11N3O6. The SMILES string of the molecule is O=C(O)c1cnc(NC(CO)CO)c([N+](=O)[O-])c1. The predicted molar refractivity (Wildman–Crippen MR) is 59.4 cm³/mol. The maximum Gasteiger partial charge on any atom is 0.337 e. The molecule has 0 aromatic carbocycles. The van der Waals surface area contributed by atoms with Crippen molar-refractivity contribution in [1.82, 2.24) is 4.98 Å². The summed E-state index contributed by atoms with van der Waals surface area (Å²) in [5, 5.41) is 39.6. The minimum Gasteiger partial charge on any atom is -0.478 e. The van der Waals surface area contributed by atoms with Crippen molar-refractivity contribution in [3.05, 3.63) is 27.9 Å². The number of aromatic carboxylic acids is 1. The molecule has 18 heavy (non-hydrogen) atoms. The molecule has 0 aliphatic rings. The van der Waals surface area contributed by atoms with Crippen LogP contribution in [0.1, 0.15) is 10.4 Å². The Bertz CT molecular complexity index is 460. The van der Waals surface area contributed by atoms with Gasteiger partial charge in [-0.25, -0.2) is 9.78 Å². The summed E-state index contributed by atoms with van der Waals surface area (Å²) in [6, 6.07) is 0.0376. The van der Waals surface area contributed by atoms with E-state index in [4.69, 9.17) is 15.3 Å². The van der Waals surface area contributed by atoms with Gasteiger partial charge in [-0.3, -0.25) is 10.1 Å². The van der Waals surface area contributed by atoms with E-state index >= 15 is 0 Å². The van der Waals surface area contributed by atoms with Crippen LogP contribution in [-0.2, 0) is 0 Å². The number of carboxylic acid groups (broad SMARTS) is 1. The number of aromatic nitrogens is 1. The average Bonchev–Trinajstić information content (AvgIpc) is 2.35. The fraction of sp³-hybridized carbons (Fsp3) is 0.333. The van der Waals surface area contributed by atoms with E-state index < -0.39 is 35.8 Å². The molecule has 0 atom stereocenters. The largest absolute Gasteiger partial charge is 0.478 e. The second-order valence-corrected chi connectivity index (χ2v) is 3.36. The van der Waals surface area contributed by atoms with E-state index in [1.165, 1.54) is 0 Å². The molecule has 0 spiro atoms. The van der Waals surface area contributed by atoms with Crippen LogP contribution >= 0.6 is 0 Å². The molecule has 0 saturated heterocycles. The van der Waals surface area contributed by atoms with Crippen LogP contribution in [-0.4, -0.2) is 50.5 Å². The van der Waals surface area contributed by atoms with Gasteiger partial charge in [0.25, 0.3) is 0 Å². The summed E-state index contributed by atoms with van der Waals surface area (Å²) in [7, 11) is 0. The maximum atomic E-state index is 10.8. The fourth-order valence-electron chi connectivity index (χ4n) is 1.16. The number of hydrogen-bond acceptors (Lipinski definition) is 7. The van der Waals surface area contributed by atoms with Gasteiger partial charge in [-0.1, -0.05) is 0 Å². The molecule has 9 heteroatoms. The van der Waals surface area contributed by atoms with Gasteiger partial charge in [0.1, 0.15) is 0 Å². The number of anilines is 1. The minimum absolute atomic E-state index is 0.210. The Balaban J connectivity index is 3.11. The van der Waals surface area contributed by atoms with Crippen molar-refractivity contribution in [1.29, 1.82) is 0 Å². The number of carboxylic acids is 1. The number of nitrogens with one attached hydrogen (secondary N) is 1. The average molecular weight is 257 g/mol. The molecule has 0 unspecified atom stereocenters. The zero-order valence-corrected chi connectivity index (χ0v) is 9.11. The molecule has 0 fully saturated rings. The highest BCUT2D eigenvalue weighted by atomic mass is 16.6. The number of hydrogen-bond donors (Lipinski definition) is 4. The number of pyridine rings is 1. The number of carbonyl (C=O) groups is 1. The number of rotatable bonds is 6. The Labute approximate surface area is 101 Å². The van der Waals surface area contributed by atoms with Crippen molar-refractivity contribution in [3.8, 4) is 0 Å². The van der Waals surface area contributed by atoms with Crippen LogP contribution in [0.5, 0.6) is 0 Å². The zero-order valence-electron chi connectivity index (χ0n) is 9.11. The normalized spacial score (nSPS) is 10.4. The molecule has 1 aromatic heterocycles. The smallest absolute Gasteiger partial charge is 0.337 e. The highest BCUT2D eigenvalue weighted by Gasteiger charge is 2.20. The molecular weight excluding hydrogens is 246 g/mol. The summed E-state index contributed by atoms with van der Waals surface area (Å²) < 4.78 is 0. The number of nitrogens with zero attached hydrogens (tertiary/aromatic N) is 2. The van der Waals surface area contributed by atoms with Crippen molar-refractivity contribution < 1.29 is 25.0 Å². The number of aliphatic hydroxyl groups excluding tert-OH is 2. The third-order valence-electron chi connectivity index (χ3n) is 2.09. The Morgan fingerprint density at radius 1 is 1.50 bits per heavy atom. The van der Waals surface area contributed by atoms with Gasteiger partial charge >= 0.3 is 11.7 Å². The van der Waals surface area contributed by atoms with Gasteiger partial charge in [0.05, 0.1) is 29.7 Å². The Kier molecular flexibility index (Phi) is 4.52. The van der Waals surface area contributed by atoms with E-state index in [9.17, 15) is 14.9 Å². The van der Waals surface area contributed by atoms with Gasteiger partial charge in [0.2, 0.25) is 5.82 Å². The number of aliphatic hydroxyl groups is 2. The zero-order chi connectivity index (χ0) is 13.7. The second-order valence-electron chi connectivity index (χ2n) is 3.36. The van der Waals surface area contributed by atoms with Crippen LogP contribution in [0.25, 0.3) is 0 Å². The highest BCUT2D eigenvalue weighted by molar-refractivity contribution is 5.88. The van der Waals surface area contributed by atoms with E-state index in [-0.39, 0.29) is 11.4 Å². The highest BCUT2D eigenvalue weighted by Crippen LogP contribution is 2.23. The molecule has 98 valence electrons. The standard InChI is InChI=1S/C9H11N3O6/c13-3-6(4-14)11-8-7(12(17)18)1-5(2-10-8)9(15)16/h1-2,6,13-14H,3-4H2,(H,10,11)(H,15,16). The van der Waals surface area contributed by atoms with Crippen molar-refractivity contribution >= 4 is 17.5 Å². The molecule has 1 rings (SSSR count).